The predicted molar refractivity (Wildman–Crippen MR) is 69.8 cm³/mol. The summed E-state index contributed by atoms with van der Waals surface area (Å²) in [5.41, 5.74) is 1.29. The van der Waals surface area contributed by atoms with Crippen LogP contribution in [0.5, 0.6) is 0 Å². The van der Waals surface area contributed by atoms with Gasteiger partial charge in [-0.25, -0.2) is 9.78 Å². The maximum Gasteiger partial charge on any atom is 0.357 e. The molecule has 2 rings (SSSR count). The molecular formula is C12H13N3O2S. The third-order valence-electron chi connectivity index (χ3n) is 2.32. The number of ether oxygens (including phenoxy) is 1. The zero-order valence-corrected chi connectivity index (χ0v) is 11.0. The lowest BCUT2D eigenvalue weighted by Crippen LogP contribution is -2.04. The van der Waals surface area contributed by atoms with Crippen LogP contribution >= 0.6 is 11.3 Å². The number of carbonyl (C=O) groups is 1. The molecule has 0 fully saturated rings. The van der Waals surface area contributed by atoms with Crippen LogP contribution in [0.4, 0.5) is 5.13 Å². The van der Waals surface area contributed by atoms with E-state index in [4.69, 9.17) is 0 Å². The second-order valence-electron chi connectivity index (χ2n) is 3.59. The quantitative estimate of drug-likeness (QED) is 0.857. The van der Waals surface area contributed by atoms with Gasteiger partial charge in [-0.2, -0.15) is 0 Å². The molecule has 0 amide bonds. The minimum absolute atomic E-state index is 0.367. The lowest BCUT2D eigenvalue weighted by Gasteiger charge is -2.00. The van der Waals surface area contributed by atoms with E-state index in [1.807, 2.05) is 25.1 Å². The first-order chi connectivity index (χ1) is 8.70. The highest BCUT2D eigenvalue weighted by molar-refractivity contribution is 7.15. The summed E-state index contributed by atoms with van der Waals surface area (Å²) in [5, 5.41) is 3.83. The van der Waals surface area contributed by atoms with Crippen molar-refractivity contribution in [3.8, 4) is 0 Å². The molecule has 2 aromatic rings. The summed E-state index contributed by atoms with van der Waals surface area (Å²) in [6, 6.07) is 5.72. The molecule has 1 N–H and O–H groups in total. The highest BCUT2D eigenvalue weighted by Gasteiger charge is 2.15. The average molecular weight is 263 g/mol. The number of anilines is 1. The Kier molecular flexibility index (Phi) is 3.88. The fourth-order valence-corrected chi connectivity index (χ4v) is 2.22. The van der Waals surface area contributed by atoms with E-state index in [-0.39, 0.29) is 0 Å². The van der Waals surface area contributed by atoms with Gasteiger partial charge >= 0.3 is 5.97 Å². The van der Waals surface area contributed by atoms with Gasteiger partial charge in [-0.3, -0.25) is 4.98 Å². The van der Waals surface area contributed by atoms with Gasteiger partial charge in [0.2, 0.25) is 0 Å². The summed E-state index contributed by atoms with van der Waals surface area (Å²) in [6.45, 7) is 2.42. The number of thiazole rings is 1. The molecule has 2 aromatic heterocycles. The molecule has 0 aliphatic heterocycles. The lowest BCUT2D eigenvalue weighted by molar-refractivity contribution is 0.0594. The van der Waals surface area contributed by atoms with Gasteiger partial charge < -0.3 is 10.1 Å². The van der Waals surface area contributed by atoms with Crippen molar-refractivity contribution < 1.29 is 9.53 Å². The molecule has 0 unspecified atom stereocenters. The van der Waals surface area contributed by atoms with E-state index in [0.29, 0.717) is 17.4 Å². The number of hydrogen-bond acceptors (Lipinski definition) is 6. The topological polar surface area (TPSA) is 64.1 Å². The first kappa shape index (κ1) is 12.5. The van der Waals surface area contributed by atoms with Crippen LogP contribution in [-0.2, 0) is 11.3 Å². The van der Waals surface area contributed by atoms with Crippen LogP contribution in [0.2, 0.25) is 0 Å². The van der Waals surface area contributed by atoms with Gasteiger partial charge in [-0.05, 0) is 19.1 Å². The van der Waals surface area contributed by atoms with Crippen LogP contribution in [0, 0.1) is 6.92 Å². The normalized spacial score (nSPS) is 10.1. The molecule has 6 heteroatoms. The fourth-order valence-electron chi connectivity index (χ4n) is 1.43. The number of carbonyl (C=O) groups excluding carboxylic acids is 1. The Hall–Kier alpha value is -1.95. The number of rotatable bonds is 4. The third kappa shape index (κ3) is 2.84. The predicted octanol–water partition coefficient (Wildman–Crippen LogP) is 2.25. The van der Waals surface area contributed by atoms with Crippen molar-refractivity contribution in [2.24, 2.45) is 0 Å². The molecule has 5 nitrogen and oxygen atoms in total. The molecule has 94 valence electrons. The number of hydrogen-bond donors (Lipinski definition) is 1. The molecule has 0 aliphatic carbocycles. The lowest BCUT2D eigenvalue weighted by atomic mass is 10.3. The number of aryl methyl sites for hydroxylation is 1. The molecule has 0 aromatic carbocycles. The Labute approximate surface area is 109 Å². The smallest absolute Gasteiger partial charge is 0.357 e. The monoisotopic (exact) mass is 263 g/mol. The highest BCUT2D eigenvalue weighted by Crippen LogP contribution is 2.22. The summed E-state index contributed by atoms with van der Waals surface area (Å²) < 4.78 is 4.66. The maximum atomic E-state index is 11.4. The maximum absolute atomic E-state index is 11.4. The summed E-state index contributed by atoms with van der Waals surface area (Å²) in [5.74, 6) is -0.408. The van der Waals surface area contributed by atoms with Gasteiger partial charge in [0.15, 0.2) is 10.8 Å². The molecule has 0 saturated carbocycles. The summed E-state index contributed by atoms with van der Waals surface area (Å²) in [7, 11) is 1.35. The zero-order chi connectivity index (χ0) is 13.0. The second kappa shape index (κ2) is 5.59. The summed E-state index contributed by atoms with van der Waals surface area (Å²) in [6.07, 6.45) is 1.74. The van der Waals surface area contributed by atoms with E-state index in [0.717, 1.165) is 10.6 Å². The zero-order valence-electron chi connectivity index (χ0n) is 10.1. The van der Waals surface area contributed by atoms with Crippen molar-refractivity contribution in [2.75, 3.05) is 12.4 Å². The van der Waals surface area contributed by atoms with Crippen LogP contribution in [0.1, 0.15) is 21.1 Å². The van der Waals surface area contributed by atoms with Crippen molar-refractivity contribution in [1.29, 1.82) is 0 Å². The van der Waals surface area contributed by atoms with Crippen molar-refractivity contribution >= 4 is 22.4 Å². The molecular weight excluding hydrogens is 250 g/mol. The van der Waals surface area contributed by atoms with Crippen molar-refractivity contribution in [3.05, 3.63) is 40.7 Å². The number of pyridine rings is 1. The Bertz CT molecular complexity index is 540. The first-order valence-electron chi connectivity index (χ1n) is 5.40. The number of nitrogens with zero attached hydrogens (tertiary/aromatic N) is 2. The van der Waals surface area contributed by atoms with Crippen molar-refractivity contribution in [2.45, 2.75) is 13.5 Å². The number of methoxy groups -OCH3 is 1. The molecule has 0 bridgehead atoms. The van der Waals surface area contributed by atoms with Crippen molar-refractivity contribution in [1.82, 2.24) is 9.97 Å². The number of nitrogens with one attached hydrogen (secondary N) is 1. The van der Waals surface area contributed by atoms with E-state index >= 15 is 0 Å². The van der Waals surface area contributed by atoms with Gasteiger partial charge in [-0.1, -0.05) is 6.07 Å². The molecule has 0 spiro atoms. The van der Waals surface area contributed by atoms with E-state index in [2.05, 4.69) is 20.0 Å². The van der Waals surface area contributed by atoms with E-state index in [1.54, 1.807) is 6.20 Å². The molecule has 0 saturated heterocycles. The minimum atomic E-state index is -0.408. The molecule has 0 radical (unpaired) electrons. The highest BCUT2D eigenvalue weighted by atomic mass is 32.1. The van der Waals surface area contributed by atoms with Crippen LogP contribution in [0.3, 0.4) is 0 Å². The Morgan fingerprint density at radius 2 is 2.33 bits per heavy atom. The largest absolute Gasteiger partial charge is 0.464 e. The molecule has 0 atom stereocenters. The van der Waals surface area contributed by atoms with Gasteiger partial charge in [-0.15, -0.1) is 11.3 Å². The van der Waals surface area contributed by atoms with Crippen LogP contribution in [-0.4, -0.2) is 23.0 Å². The molecule has 2 heterocycles. The average Bonchev–Trinajstić information content (AvgIpc) is 2.78. The molecule has 18 heavy (non-hydrogen) atoms. The van der Waals surface area contributed by atoms with Crippen LogP contribution in [0.15, 0.2) is 24.4 Å². The number of esters is 1. The second-order valence-corrected chi connectivity index (χ2v) is 4.79. The summed E-state index contributed by atoms with van der Waals surface area (Å²) >= 11 is 1.43. The standard InChI is InChI=1S/C12H13N3O2S/c1-8-10(11(16)17-2)15-12(18-8)14-7-9-5-3-4-6-13-9/h3-6H,7H2,1-2H3,(H,14,15). The summed E-state index contributed by atoms with van der Waals surface area (Å²) in [4.78, 5) is 20.6. The van der Waals surface area contributed by atoms with Gasteiger partial charge in [0, 0.05) is 11.1 Å². The van der Waals surface area contributed by atoms with Gasteiger partial charge in [0.05, 0.1) is 19.3 Å². The fraction of sp³-hybridized carbons (Fsp3) is 0.250. The Morgan fingerprint density at radius 3 is 3.00 bits per heavy atom. The number of aromatic nitrogens is 2. The van der Waals surface area contributed by atoms with E-state index in [1.165, 1.54) is 18.4 Å². The van der Waals surface area contributed by atoms with Crippen LogP contribution < -0.4 is 5.32 Å². The van der Waals surface area contributed by atoms with Crippen LogP contribution in [0.25, 0.3) is 0 Å². The van der Waals surface area contributed by atoms with E-state index < -0.39 is 5.97 Å². The van der Waals surface area contributed by atoms with Crippen molar-refractivity contribution in [3.63, 3.8) is 0 Å². The Morgan fingerprint density at radius 1 is 1.50 bits per heavy atom. The minimum Gasteiger partial charge on any atom is -0.464 e. The third-order valence-corrected chi connectivity index (χ3v) is 3.25. The van der Waals surface area contributed by atoms with Gasteiger partial charge in [0.25, 0.3) is 0 Å². The molecule has 0 aliphatic rings. The Balaban J connectivity index is 2.05. The SMILES string of the molecule is COC(=O)c1nc(NCc2ccccn2)sc1C. The van der Waals surface area contributed by atoms with Gasteiger partial charge in [0.1, 0.15) is 0 Å². The van der Waals surface area contributed by atoms with E-state index in [9.17, 15) is 4.79 Å². The first-order valence-corrected chi connectivity index (χ1v) is 6.22.